The second-order valence-corrected chi connectivity index (χ2v) is 3.97. The average molecular weight is 154 g/mol. The molecule has 0 radical (unpaired) electrons. The van der Waals surface area contributed by atoms with Crippen LogP contribution in [0.2, 0.25) is 0 Å². The summed E-state index contributed by atoms with van der Waals surface area (Å²) in [5, 5.41) is 9.64. The van der Waals surface area contributed by atoms with Gasteiger partial charge in [-0.15, -0.1) is 0 Å². The van der Waals surface area contributed by atoms with Crippen molar-refractivity contribution in [1.29, 1.82) is 0 Å². The lowest BCUT2D eigenvalue weighted by Gasteiger charge is -2.17. The molecule has 0 bridgehead atoms. The van der Waals surface area contributed by atoms with E-state index in [4.69, 9.17) is 0 Å². The second-order valence-electron chi connectivity index (χ2n) is 3.97. The molecule has 0 saturated heterocycles. The molecule has 0 aliphatic heterocycles. The van der Waals surface area contributed by atoms with Crippen LogP contribution in [0.1, 0.15) is 33.1 Å². The maximum atomic E-state index is 9.64. The summed E-state index contributed by atoms with van der Waals surface area (Å²) in [5.41, 5.74) is 0.920. The van der Waals surface area contributed by atoms with Gasteiger partial charge in [0, 0.05) is 0 Å². The monoisotopic (exact) mass is 154 g/mol. The molecule has 1 heteroatoms. The Labute approximate surface area is 69.1 Å². The molecule has 1 N–H and O–H groups in total. The van der Waals surface area contributed by atoms with Gasteiger partial charge in [0.05, 0.1) is 6.10 Å². The van der Waals surface area contributed by atoms with Gasteiger partial charge in [0.2, 0.25) is 0 Å². The van der Waals surface area contributed by atoms with Crippen LogP contribution in [0, 0.1) is 11.8 Å². The van der Waals surface area contributed by atoms with Crippen LogP contribution in [0.5, 0.6) is 0 Å². The van der Waals surface area contributed by atoms with E-state index in [2.05, 4.69) is 13.5 Å². The summed E-state index contributed by atoms with van der Waals surface area (Å²) < 4.78 is 0. The van der Waals surface area contributed by atoms with Crippen molar-refractivity contribution in [3.63, 3.8) is 0 Å². The Bertz CT molecular complexity index is 151. The van der Waals surface area contributed by atoms with E-state index in [0.29, 0.717) is 5.92 Å². The summed E-state index contributed by atoms with van der Waals surface area (Å²) in [6.07, 6.45) is 3.37. The Morgan fingerprint density at radius 3 is 2.55 bits per heavy atom. The quantitative estimate of drug-likeness (QED) is 0.605. The molecule has 11 heavy (non-hydrogen) atoms. The third-order valence-electron chi connectivity index (χ3n) is 2.69. The highest BCUT2D eigenvalue weighted by Crippen LogP contribution is 2.34. The first kappa shape index (κ1) is 8.79. The number of aliphatic hydroxyl groups is 1. The molecule has 1 rings (SSSR count). The van der Waals surface area contributed by atoms with Crippen molar-refractivity contribution in [1.82, 2.24) is 0 Å². The minimum atomic E-state index is -0.250. The highest BCUT2D eigenvalue weighted by molar-refractivity contribution is 5.01. The summed E-state index contributed by atoms with van der Waals surface area (Å²) in [6.45, 7) is 7.94. The van der Waals surface area contributed by atoms with Crippen LogP contribution in [-0.2, 0) is 0 Å². The Hall–Kier alpha value is -0.300. The molecule has 0 heterocycles. The van der Waals surface area contributed by atoms with Gasteiger partial charge in [-0.05, 0) is 31.6 Å². The first-order valence-corrected chi connectivity index (χ1v) is 4.44. The maximum absolute atomic E-state index is 9.64. The normalized spacial score (nSPS) is 33.7. The van der Waals surface area contributed by atoms with Crippen molar-refractivity contribution in [3.8, 4) is 0 Å². The first-order chi connectivity index (χ1) is 5.11. The summed E-state index contributed by atoms with van der Waals surface area (Å²) in [4.78, 5) is 0. The minimum Gasteiger partial charge on any atom is -0.388 e. The fraction of sp³-hybridized carbons (Fsp3) is 0.800. The lowest BCUT2D eigenvalue weighted by molar-refractivity contribution is 0.143. The van der Waals surface area contributed by atoms with Crippen molar-refractivity contribution < 1.29 is 5.11 Å². The minimum absolute atomic E-state index is 0.250. The topological polar surface area (TPSA) is 20.2 Å². The Morgan fingerprint density at radius 2 is 2.18 bits per heavy atom. The average Bonchev–Trinajstić information content (AvgIpc) is 2.34. The van der Waals surface area contributed by atoms with Gasteiger partial charge in [0.25, 0.3) is 0 Å². The fourth-order valence-corrected chi connectivity index (χ4v) is 1.94. The molecule has 0 spiro atoms. The zero-order chi connectivity index (χ0) is 8.43. The SMILES string of the molecule is C=C(C)C(O)C1CCC(C)C1. The van der Waals surface area contributed by atoms with Gasteiger partial charge in [-0.2, -0.15) is 0 Å². The molecule has 0 aromatic carbocycles. The van der Waals surface area contributed by atoms with Crippen molar-refractivity contribution in [2.45, 2.75) is 39.2 Å². The maximum Gasteiger partial charge on any atom is 0.0773 e. The van der Waals surface area contributed by atoms with E-state index in [-0.39, 0.29) is 6.10 Å². The zero-order valence-corrected chi connectivity index (χ0v) is 7.51. The predicted molar refractivity (Wildman–Crippen MR) is 47.3 cm³/mol. The van der Waals surface area contributed by atoms with Crippen LogP contribution in [0.25, 0.3) is 0 Å². The third-order valence-corrected chi connectivity index (χ3v) is 2.69. The van der Waals surface area contributed by atoms with Crippen LogP contribution >= 0.6 is 0 Å². The molecule has 64 valence electrons. The Kier molecular flexibility index (Phi) is 2.72. The van der Waals surface area contributed by atoms with Crippen LogP contribution in [0.15, 0.2) is 12.2 Å². The van der Waals surface area contributed by atoms with Gasteiger partial charge in [-0.25, -0.2) is 0 Å². The van der Waals surface area contributed by atoms with Gasteiger partial charge in [-0.3, -0.25) is 0 Å². The molecule has 0 amide bonds. The number of hydrogen-bond donors (Lipinski definition) is 1. The van der Waals surface area contributed by atoms with E-state index in [1.165, 1.54) is 19.3 Å². The van der Waals surface area contributed by atoms with Crippen LogP contribution in [0.4, 0.5) is 0 Å². The zero-order valence-electron chi connectivity index (χ0n) is 7.51. The molecule has 1 aliphatic carbocycles. The fourth-order valence-electron chi connectivity index (χ4n) is 1.94. The molecular weight excluding hydrogens is 136 g/mol. The molecule has 0 aromatic heterocycles. The summed E-state index contributed by atoms with van der Waals surface area (Å²) in [5.74, 6) is 1.29. The molecule has 3 atom stereocenters. The molecule has 1 nitrogen and oxygen atoms in total. The largest absolute Gasteiger partial charge is 0.388 e. The van der Waals surface area contributed by atoms with Crippen molar-refractivity contribution in [2.75, 3.05) is 0 Å². The van der Waals surface area contributed by atoms with E-state index in [1.54, 1.807) is 0 Å². The first-order valence-electron chi connectivity index (χ1n) is 4.44. The van der Waals surface area contributed by atoms with Gasteiger partial charge in [0.1, 0.15) is 0 Å². The van der Waals surface area contributed by atoms with E-state index < -0.39 is 0 Å². The molecule has 0 aromatic rings. The molecule has 3 unspecified atom stereocenters. The molecule has 1 saturated carbocycles. The van der Waals surface area contributed by atoms with E-state index in [0.717, 1.165) is 11.5 Å². The summed E-state index contributed by atoms with van der Waals surface area (Å²) >= 11 is 0. The lowest BCUT2D eigenvalue weighted by atomic mass is 9.95. The molecule has 1 aliphatic rings. The van der Waals surface area contributed by atoms with Crippen molar-refractivity contribution >= 4 is 0 Å². The van der Waals surface area contributed by atoms with Crippen molar-refractivity contribution in [3.05, 3.63) is 12.2 Å². The van der Waals surface area contributed by atoms with Crippen LogP contribution in [0.3, 0.4) is 0 Å². The van der Waals surface area contributed by atoms with E-state index in [9.17, 15) is 5.11 Å². The predicted octanol–water partition coefficient (Wildman–Crippen LogP) is 2.36. The standard InChI is InChI=1S/C10H18O/c1-7(2)10(11)9-5-4-8(3)6-9/h8-11H,1,4-6H2,2-3H3. The highest BCUT2D eigenvalue weighted by Gasteiger charge is 2.27. The number of rotatable bonds is 2. The second kappa shape index (κ2) is 3.40. The van der Waals surface area contributed by atoms with Gasteiger partial charge >= 0.3 is 0 Å². The summed E-state index contributed by atoms with van der Waals surface area (Å²) in [7, 11) is 0. The van der Waals surface area contributed by atoms with E-state index >= 15 is 0 Å². The number of hydrogen-bond acceptors (Lipinski definition) is 1. The molecular formula is C10H18O. The van der Waals surface area contributed by atoms with Crippen molar-refractivity contribution in [2.24, 2.45) is 11.8 Å². The van der Waals surface area contributed by atoms with Crippen LogP contribution in [-0.4, -0.2) is 11.2 Å². The summed E-state index contributed by atoms with van der Waals surface area (Å²) in [6, 6.07) is 0. The molecule has 1 fully saturated rings. The lowest BCUT2D eigenvalue weighted by Crippen LogP contribution is -2.18. The Morgan fingerprint density at radius 1 is 1.55 bits per heavy atom. The van der Waals surface area contributed by atoms with Gasteiger partial charge in [0.15, 0.2) is 0 Å². The van der Waals surface area contributed by atoms with Crippen LogP contribution < -0.4 is 0 Å². The van der Waals surface area contributed by atoms with Gasteiger partial charge in [-0.1, -0.05) is 25.5 Å². The van der Waals surface area contributed by atoms with E-state index in [1.807, 2.05) is 6.92 Å². The highest BCUT2D eigenvalue weighted by atomic mass is 16.3. The van der Waals surface area contributed by atoms with Gasteiger partial charge < -0.3 is 5.11 Å². The number of aliphatic hydroxyl groups excluding tert-OH is 1. The smallest absolute Gasteiger partial charge is 0.0773 e. The Balaban J connectivity index is 2.43. The third kappa shape index (κ3) is 2.06.